The molecule has 2 heteroatoms. The standard InChI is InChI=1S/C19H34N2/c1-6-12-20-19(18-10-8-7-9-11-18)15-21(13-16(2)3)14-17(4)5/h7-11,16-17,19-20H,6,12-15H2,1-5H3. The second-order valence-corrected chi connectivity index (χ2v) is 6.92. The van der Waals surface area contributed by atoms with E-state index in [2.05, 4.69) is 75.2 Å². The molecule has 0 saturated carbocycles. The summed E-state index contributed by atoms with van der Waals surface area (Å²) in [6.07, 6.45) is 1.18. The molecule has 0 aliphatic rings. The van der Waals surface area contributed by atoms with Crippen LogP contribution in [0.2, 0.25) is 0 Å². The second kappa shape index (κ2) is 9.97. The van der Waals surface area contributed by atoms with E-state index in [-0.39, 0.29) is 0 Å². The summed E-state index contributed by atoms with van der Waals surface area (Å²) < 4.78 is 0. The largest absolute Gasteiger partial charge is 0.309 e. The highest BCUT2D eigenvalue weighted by molar-refractivity contribution is 5.19. The summed E-state index contributed by atoms with van der Waals surface area (Å²) in [6, 6.07) is 11.3. The highest BCUT2D eigenvalue weighted by atomic mass is 15.2. The van der Waals surface area contributed by atoms with E-state index in [0.29, 0.717) is 17.9 Å². The molecule has 1 rings (SSSR count). The highest BCUT2D eigenvalue weighted by Crippen LogP contribution is 2.16. The van der Waals surface area contributed by atoms with Crippen LogP contribution in [0.3, 0.4) is 0 Å². The number of hydrogen-bond donors (Lipinski definition) is 1. The zero-order valence-corrected chi connectivity index (χ0v) is 14.6. The first-order valence-corrected chi connectivity index (χ1v) is 8.53. The normalized spacial score (nSPS) is 13.3. The van der Waals surface area contributed by atoms with Crippen LogP contribution >= 0.6 is 0 Å². The first kappa shape index (κ1) is 18.2. The first-order chi connectivity index (χ1) is 10.0. The van der Waals surface area contributed by atoms with Crippen molar-refractivity contribution in [2.75, 3.05) is 26.2 Å². The Morgan fingerprint density at radius 1 is 0.905 bits per heavy atom. The van der Waals surface area contributed by atoms with E-state index in [4.69, 9.17) is 0 Å². The lowest BCUT2D eigenvalue weighted by Crippen LogP contribution is -2.39. The van der Waals surface area contributed by atoms with Crippen molar-refractivity contribution in [3.05, 3.63) is 35.9 Å². The Balaban J connectivity index is 2.75. The summed E-state index contributed by atoms with van der Waals surface area (Å²) in [5.74, 6) is 1.43. The van der Waals surface area contributed by atoms with Gasteiger partial charge < -0.3 is 10.2 Å². The van der Waals surface area contributed by atoms with E-state index < -0.39 is 0 Å². The summed E-state index contributed by atoms with van der Waals surface area (Å²) in [4.78, 5) is 2.62. The van der Waals surface area contributed by atoms with E-state index in [0.717, 1.165) is 13.1 Å². The van der Waals surface area contributed by atoms with Crippen molar-refractivity contribution >= 4 is 0 Å². The van der Waals surface area contributed by atoms with Gasteiger partial charge in [0.2, 0.25) is 0 Å². The summed E-state index contributed by atoms with van der Waals surface area (Å²) in [6.45, 7) is 16.0. The van der Waals surface area contributed by atoms with E-state index in [9.17, 15) is 0 Å². The van der Waals surface area contributed by atoms with Gasteiger partial charge in [0.1, 0.15) is 0 Å². The molecule has 1 N–H and O–H groups in total. The van der Waals surface area contributed by atoms with Gasteiger partial charge in [-0.25, -0.2) is 0 Å². The molecule has 1 aromatic rings. The zero-order valence-electron chi connectivity index (χ0n) is 14.6. The van der Waals surface area contributed by atoms with Crippen LogP contribution in [0, 0.1) is 11.8 Å². The Labute approximate surface area is 131 Å². The van der Waals surface area contributed by atoms with Gasteiger partial charge in [0.25, 0.3) is 0 Å². The van der Waals surface area contributed by atoms with Crippen LogP contribution in [0.5, 0.6) is 0 Å². The Morgan fingerprint density at radius 3 is 1.95 bits per heavy atom. The monoisotopic (exact) mass is 290 g/mol. The molecule has 0 radical (unpaired) electrons. The molecular weight excluding hydrogens is 256 g/mol. The van der Waals surface area contributed by atoms with Crippen molar-refractivity contribution in [2.24, 2.45) is 11.8 Å². The number of benzene rings is 1. The van der Waals surface area contributed by atoms with Crippen LogP contribution < -0.4 is 5.32 Å². The molecule has 21 heavy (non-hydrogen) atoms. The molecular formula is C19H34N2. The molecule has 0 aliphatic carbocycles. The van der Waals surface area contributed by atoms with Gasteiger partial charge in [0, 0.05) is 25.7 Å². The molecule has 0 aliphatic heterocycles. The maximum atomic E-state index is 3.72. The van der Waals surface area contributed by atoms with Crippen molar-refractivity contribution < 1.29 is 0 Å². The average Bonchev–Trinajstić information content (AvgIpc) is 2.43. The maximum absolute atomic E-state index is 3.72. The third-order valence-electron chi connectivity index (χ3n) is 3.53. The van der Waals surface area contributed by atoms with E-state index in [1.165, 1.54) is 25.1 Å². The predicted molar refractivity (Wildman–Crippen MR) is 93.6 cm³/mol. The molecule has 1 aromatic carbocycles. The van der Waals surface area contributed by atoms with E-state index in [1.54, 1.807) is 0 Å². The van der Waals surface area contributed by atoms with Crippen molar-refractivity contribution in [1.29, 1.82) is 0 Å². The first-order valence-electron chi connectivity index (χ1n) is 8.53. The van der Waals surface area contributed by atoms with Gasteiger partial charge in [-0.05, 0) is 30.4 Å². The molecule has 0 bridgehead atoms. The van der Waals surface area contributed by atoms with Gasteiger partial charge >= 0.3 is 0 Å². The second-order valence-electron chi connectivity index (χ2n) is 6.92. The average molecular weight is 290 g/mol. The molecule has 1 atom stereocenters. The third kappa shape index (κ3) is 7.63. The molecule has 0 spiro atoms. The molecule has 2 nitrogen and oxygen atoms in total. The molecule has 120 valence electrons. The van der Waals surface area contributed by atoms with Crippen LogP contribution in [-0.2, 0) is 0 Å². The highest BCUT2D eigenvalue weighted by Gasteiger charge is 2.17. The van der Waals surface area contributed by atoms with Crippen molar-refractivity contribution in [3.8, 4) is 0 Å². The Kier molecular flexibility index (Phi) is 8.63. The number of rotatable bonds is 10. The third-order valence-corrected chi connectivity index (χ3v) is 3.53. The molecule has 0 saturated heterocycles. The fourth-order valence-electron chi connectivity index (χ4n) is 2.81. The topological polar surface area (TPSA) is 15.3 Å². The van der Waals surface area contributed by atoms with Gasteiger partial charge in [-0.15, -0.1) is 0 Å². The summed E-state index contributed by atoms with van der Waals surface area (Å²) in [5.41, 5.74) is 1.41. The van der Waals surface area contributed by atoms with Crippen LogP contribution in [0.1, 0.15) is 52.6 Å². The Hall–Kier alpha value is -0.860. The fourth-order valence-corrected chi connectivity index (χ4v) is 2.81. The smallest absolute Gasteiger partial charge is 0.0449 e. The predicted octanol–water partition coefficient (Wildman–Crippen LogP) is 4.34. The van der Waals surface area contributed by atoms with Crippen molar-refractivity contribution in [2.45, 2.75) is 47.1 Å². The zero-order chi connectivity index (χ0) is 15.7. The van der Waals surface area contributed by atoms with Gasteiger partial charge in [-0.1, -0.05) is 65.0 Å². The van der Waals surface area contributed by atoms with Crippen LogP contribution in [0.15, 0.2) is 30.3 Å². The van der Waals surface area contributed by atoms with Crippen LogP contribution in [-0.4, -0.2) is 31.1 Å². The molecule has 0 aromatic heterocycles. The summed E-state index contributed by atoms with van der Waals surface area (Å²) in [7, 11) is 0. The van der Waals surface area contributed by atoms with Gasteiger partial charge in [0.15, 0.2) is 0 Å². The Bertz CT molecular complexity index is 349. The van der Waals surface area contributed by atoms with Crippen LogP contribution in [0.4, 0.5) is 0 Å². The van der Waals surface area contributed by atoms with Gasteiger partial charge in [0.05, 0.1) is 0 Å². The van der Waals surface area contributed by atoms with Crippen molar-refractivity contribution in [3.63, 3.8) is 0 Å². The molecule has 0 amide bonds. The number of nitrogens with one attached hydrogen (secondary N) is 1. The minimum Gasteiger partial charge on any atom is -0.309 e. The number of nitrogens with zero attached hydrogens (tertiary/aromatic N) is 1. The lowest BCUT2D eigenvalue weighted by molar-refractivity contribution is 0.197. The van der Waals surface area contributed by atoms with Crippen molar-refractivity contribution in [1.82, 2.24) is 10.2 Å². The number of hydrogen-bond acceptors (Lipinski definition) is 2. The van der Waals surface area contributed by atoms with Gasteiger partial charge in [-0.2, -0.15) is 0 Å². The SMILES string of the molecule is CCCNC(CN(CC(C)C)CC(C)C)c1ccccc1. The minimum atomic E-state index is 0.434. The maximum Gasteiger partial charge on any atom is 0.0449 e. The minimum absolute atomic E-state index is 0.434. The van der Waals surface area contributed by atoms with E-state index >= 15 is 0 Å². The summed E-state index contributed by atoms with van der Waals surface area (Å²) in [5, 5.41) is 3.72. The lowest BCUT2D eigenvalue weighted by Gasteiger charge is -2.31. The van der Waals surface area contributed by atoms with Gasteiger partial charge in [-0.3, -0.25) is 0 Å². The molecule has 1 unspecified atom stereocenters. The van der Waals surface area contributed by atoms with Crippen LogP contribution in [0.25, 0.3) is 0 Å². The molecule has 0 heterocycles. The van der Waals surface area contributed by atoms with E-state index in [1.807, 2.05) is 0 Å². The molecule has 0 fully saturated rings. The quantitative estimate of drug-likeness (QED) is 0.689. The fraction of sp³-hybridized carbons (Fsp3) is 0.684. The lowest BCUT2D eigenvalue weighted by atomic mass is 10.0. The summed E-state index contributed by atoms with van der Waals surface area (Å²) >= 11 is 0. The Morgan fingerprint density at radius 2 is 1.48 bits per heavy atom.